The van der Waals surface area contributed by atoms with Crippen molar-refractivity contribution in [1.82, 2.24) is 15.0 Å². The number of aromatic nitrogens is 3. The van der Waals surface area contributed by atoms with E-state index in [0.29, 0.717) is 5.69 Å². The highest BCUT2D eigenvalue weighted by Crippen LogP contribution is 2.30. The Bertz CT molecular complexity index is 791. The molecule has 0 saturated heterocycles. The third kappa shape index (κ3) is 1.85. The number of hydrogen-bond acceptors (Lipinski definition) is 4. The minimum absolute atomic E-state index is 0.207. The average Bonchev–Trinajstić information content (AvgIpc) is 2.46. The van der Waals surface area contributed by atoms with Crippen molar-refractivity contribution < 1.29 is 4.74 Å². The van der Waals surface area contributed by atoms with Crippen LogP contribution >= 0.6 is 0 Å². The Balaban J connectivity index is 2.37. The van der Waals surface area contributed by atoms with E-state index in [4.69, 9.17) is 4.74 Å². The predicted molar refractivity (Wildman–Crippen MR) is 72.1 cm³/mol. The topological polar surface area (TPSA) is 67.9 Å². The molecule has 1 N–H and O–H groups in total. The Morgan fingerprint density at radius 1 is 1.26 bits per heavy atom. The Morgan fingerprint density at radius 3 is 3.00 bits per heavy atom. The molecule has 0 bridgehead atoms. The fourth-order valence-electron chi connectivity index (χ4n) is 2.09. The quantitative estimate of drug-likeness (QED) is 0.758. The van der Waals surface area contributed by atoms with E-state index in [1.54, 1.807) is 12.4 Å². The standard InChI is InChI=1S/C14H11N3O2/c1-19-13-12(16-8-17-14(13)18)10-4-2-3-9-5-6-15-7-11(9)10/h2-8H,1H3,(H,16,17,18). The van der Waals surface area contributed by atoms with Crippen LogP contribution in [0.4, 0.5) is 0 Å². The third-order valence-corrected chi connectivity index (χ3v) is 2.95. The van der Waals surface area contributed by atoms with E-state index < -0.39 is 0 Å². The van der Waals surface area contributed by atoms with Crippen LogP contribution in [-0.2, 0) is 0 Å². The molecule has 19 heavy (non-hydrogen) atoms. The van der Waals surface area contributed by atoms with Gasteiger partial charge in [0.1, 0.15) is 5.69 Å². The van der Waals surface area contributed by atoms with Gasteiger partial charge in [0.05, 0.1) is 13.4 Å². The number of rotatable bonds is 2. The van der Waals surface area contributed by atoms with E-state index in [1.807, 2.05) is 24.3 Å². The summed E-state index contributed by atoms with van der Waals surface area (Å²) in [7, 11) is 1.46. The number of benzene rings is 1. The van der Waals surface area contributed by atoms with Gasteiger partial charge < -0.3 is 9.72 Å². The molecule has 5 nitrogen and oxygen atoms in total. The second kappa shape index (κ2) is 4.53. The van der Waals surface area contributed by atoms with Crippen molar-refractivity contribution in [3.8, 4) is 17.0 Å². The molecule has 1 aromatic carbocycles. The van der Waals surface area contributed by atoms with Gasteiger partial charge in [0.2, 0.25) is 5.75 Å². The summed E-state index contributed by atoms with van der Waals surface area (Å²) in [5.74, 6) is 0.207. The van der Waals surface area contributed by atoms with Crippen molar-refractivity contribution in [3.63, 3.8) is 0 Å². The van der Waals surface area contributed by atoms with Gasteiger partial charge in [0, 0.05) is 23.3 Å². The lowest BCUT2D eigenvalue weighted by molar-refractivity contribution is 0.408. The van der Waals surface area contributed by atoms with Crippen molar-refractivity contribution in [3.05, 3.63) is 53.3 Å². The van der Waals surface area contributed by atoms with Crippen LogP contribution in [0.2, 0.25) is 0 Å². The molecular weight excluding hydrogens is 242 g/mol. The van der Waals surface area contributed by atoms with Gasteiger partial charge in [-0.05, 0) is 11.5 Å². The second-order valence-corrected chi connectivity index (χ2v) is 4.02. The van der Waals surface area contributed by atoms with Crippen molar-refractivity contribution >= 4 is 10.8 Å². The van der Waals surface area contributed by atoms with Crippen LogP contribution in [0.1, 0.15) is 0 Å². The van der Waals surface area contributed by atoms with Gasteiger partial charge in [-0.2, -0.15) is 0 Å². The van der Waals surface area contributed by atoms with Crippen LogP contribution in [-0.4, -0.2) is 22.1 Å². The first-order valence-corrected chi connectivity index (χ1v) is 5.76. The molecule has 0 aliphatic heterocycles. The summed E-state index contributed by atoms with van der Waals surface area (Å²) >= 11 is 0. The van der Waals surface area contributed by atoms with Gasteiger partial charge >= 0.3 is 0 Å². The first-order valence-electron chi connectivity index (χ1n) is 5.76. The fraction of sp³-hybridized carbons (Fsp3) is 0.0714. The summed E-state index contributed by atoms with van der Waals surface area (Å²) in [5.41, 5.74) is 1.05. The van der Waals surface area contributed by atoms with Gasteiger partial charge in [0.25, 0.3) is 5.56 Å². The molecule has 0 aliphatic carbocycles. The lowest BCUT2D eigenvalue weighted by Crippen LogP contribution is -2.11. The minimum atomic E-state index is -0.298. The lowest BCUT2D eigenvalue weighted by atomic mass is 10.0. The molecule has 0 atom stereocenters. The van der Waals surface area contributed by atoms with Gasteiger partial charge in [0.15, 0.2) is 0 Å². The molecule has 0 spiro atoms. The smallest absolute Gasteiger partial charge is 0.293 e. The van der Waals surface area contributed by atoms with Crippen LogP contribution in [0.3, 0.4) is 0 Å². The first kappa shape index (κ1) is 11.4. The highest BCUT2D eigenvalue weighted by molar-refractivity contribution is 5.96. The average molecular weight is 253 g/mol. The Hall–Kier alpha value is -2.69. The van der Waals surface area contributed by atoms with Crippen LogP contribution in [0.25, 0.3) is 22.0 Å². The molecule has 3 aromatic rings. The van der Waals surface area contributed by atoms with E-state index in [2.05, 4.69) is 15.0 Å². The summed E-state index contributed by atoms with van der Waals surface area (Å²) in [4.78, 5) is 22.6. The van der Waals surface area contributed by atoms with Crippen molar-refractivity contribution in [2.75, 3.05) is 7.11 Å². The zero-order valence-electron chi connectivity index (χ0n) is 10.3. The van der Waals surface area contributed by atoms with E-state index in [9.17, 15) is 4.79 Å². The van der Waals surface area contributed by atoms with Gasteiger partial charge in [-0.3, -0.25) is 9.78 Å². The van der Waals surface area contributed by atoms with Crippen LogP contribution in [0.15, 0.2) is 47.8 Å². The highest BCUT2D eigenvalue weighted by Gasteiger charge is 2.13. The zero-order valence-corrected chi connectivity index (χ0v) is 10.3. The molecule has 5 heteroatoms. The molecule has 3 rings (SSSR count). The summed E-state index contributed by atoms with van der Waals surface area (Å²) in [6.07, 6.45) is 4.86. The number of ether oxygens (including phenoxy) is 1. The number of nitrogens with one attached hydrogen (secondary N) is 1. The molecule has 0 radical (unpaired) electrons. The number of fused-ring (bicyclic) bond motifs is 1. The normalized spacial score (nSPS) is 10.6. The molecule has 2 heterocycles. The molecular formula is C14H11N3O2. The van der Waals surface area contributed by atoms with E-state index in [0.717, 1.165) is 16.3 Å². The maximum absolute atomic E-state index is 11.7. The van der Waals surface area contributed by atoms with Crippen molar-refractivity contribution in [2.24, 2.45) is 0 Å². The number of aromatic amines is 1. The first-order chi connectivity index (χ1) is 9.31. The van der Waals surface area contributed by atoms with Crippen molar-refractivity contribution in [2.45, 2.75) is 0 Å². The summed E-state index contributed by atoms with van der Waals surface area (Å²) in [5, 5.41) is 1.97. The Morgan fingerprint density at radius 2 is 2.16 bits per heavy atom. The van der Waals surface area contributed by atoms with Gasteiger partial charge in [-0.25, -0.2) is 4.98 Å². The van der Waals surface area contributed by atoms with E-state index in [-0.39, 0.29) is 11.3 Å². The molecule has 0 aliphatic rings. The second-order valence-electron chi connectivity index (χ2n) is 4.02. The van der Waals surface area contributed by atoms with Crippen LogP contribution < -0.4 is 10.3 Å². The van der Waals surface area contributed by atoms with E-state index in [1.165, 1.54) is 13.4 Å². The highest BCUT2D eigenvalue weighted by atomic mass is 16.5. The maximum Gasteiger partial charge on any atom is 0.293 e. The van der Waals surface area contributed by atoms with E-state index >= 15 is 0 Å². The SMILES string of the molecule is COc1c(-c2cccc3ccncc23)nc[nH]c1=O. The molecule has 2 aromatic heterocycles. The summed E-state index contributed by atoms with van der Waals surface area (Å²) < 4.78 is 5.15. The molecule has 0 saturated carbocycles. The largest absolute Gasteiger partial charge is 0.490 e. The minimum Gasteiger partial charge on any atom is -0.490 e. The zero-order chi connectivity index (χ0) is 13.2. The number of H-pyrrole nitrogens is 1. The lowest BCUT2D eigenvalue weighted by Gasteiger charge is -2.08. The predicted octanol–water partition coefficient (Wildman–Crippen LogP) is 1.99. The number of nitrogens with zero attached hydrogens (tertiary/aromatic N) is 2. The summed E-state index contributed by atoms with van der Waals surface area (Å²) in [6.45, 7) is 0. The number of methoxy groups -OCH3 is 1. The molecule has 0 unspecified atom stereocenters. The molecule has 0 fully saturated rings. The fourth-order valence-corrected chi connectivity index (χ4v) is 2.09. The van der Waals surface area contributed by atoms with Gasteiger partial charge in [-0.15, -0.1) is 0 Å². The maximum atomic E-state index is 11.7. The number of pyridine rings is 1. The molecule has 94 valence electrons. The summed E-state index contributed by atoms with van der Waals surface area (Å²) in [6, 6.07) is 7.72. The third-order valence-electron chi connectivity index (χ3n) is 2.95. The van der Waals surface area contributed by atoms with Crippen molar-refractivity contribution in [1.29, 1.82) is 0 Å². The van der Waals surface area contributed by atoms with Gasteiger partial charge in [-0.1, -0.05) is 18.2 Å². The number of hydrogen-bond donors (Lipinski definition) is 1. The monoisotopic (exact) mass is 253 g/mol. The molecule has 0 amide bonds. The van der Waals surface area contributed by atoms with Crippen LogP contribution in [0.5, 0.6) is 5.75 Å². The van der Waals surface area contributed by atoms with Crippen LogP contribution in [0, 0.1) is 0 Å². The Labute approximate surface area is 108 Å². The Kier molecular flexibility index (Phi) is 2.72.